The van der Waals surface area contributed by atoms with Gasteiger partial charge in [-0.2, -0.15) is 0 Å². The molecule has 0 spiro atoms. The Morgan fingerprint density at radius 3 is 2.29 bits per heavy atom. The molecule has 0 atom stereocenters. The van der Waals surface area contributed by atoms with E-state index in [1.807, 2.05) is 0 Å². The summed E-state index contributed by atoms with van der Waals surface area (Å²) in [4.78, 5) is 11.1. The quantitative estimate of drug-likeness (QED) is 0.527. The summed E-state index contributed by atoms with van der Waals surface area (Å²) < 4.78 is 21.0. The molecule has 0 aliphatic carbocycles. The highest BCUT2D eigenvalue weighted by Gasteiger charge is 2.16. The van der Waals surface area contributed by atoms with Gasteiger partial charge in [-0.15, -0.1) is 0 Å². The van der Waals surface area contributed by atoms with Gasteiger partial charge in [0.05, 0.1) is 5.75 Å². The number of nitrogens with two attached hydrogens (primary N) is 2. The number of hydrogen-bond donors (Lipinski definition) is 3. The van der Waals surface area contributed by atoms with E-state index in [0.29, 0.717) is 0 Å². The molecular weight excluding hydrogens is 206 g/mol. The van der Waals surface area contributed by atoms with Crippen molar-refractivity contribution in [3.63, 3.8) is 0 Å². The van der Waals surface area contributed by atoms with Gasteiger partial charge in [0, 0.05) is 18.5 Å². The maximum Gasteiger partial charge on any atom is 0.221 e. The third-order valence-corrected chi connectivity index (χ3v) is 2.10. The molecule has 0 aromatic heterocycles. The molecule has 0 bridgehead atoms. The van der Waals surface area contributed by atoms with E-state index in [0.717, 1.165) is 0 Å². The summed E-state index contributed by atoms with van der Waals surface area (Å²) in [7, 11) is -3.51. The summed E-state index contributed by atoms with van der Waals surface area (Å²) in [6.07, 6.45) is 0.150. The van der Waals surface area contributed by atoms with Crippen molar-refractivity contribution in [2.24, 2.45) is 10.9 Å². The molecule has 0 aliphatic rings. The van der Waals surface area contributed by atoms with Gasteiger partial charge in [0.25, 0.3) is 0 Å². The minimum atomic E-state index is -3.51. The smallest absolute Gasteiger partial charge is 0.221 e. The van der Waals surface area contributed by atoms with Crippen molar-refractivity contribution in [3.05, 3.63) is 0 Å². The zero-order valence-electron chi connectivity index (χ0n) is 8.41. The minimum absolute atomic E-state index is 0.0216. The summed E-state index contributed by atoms with van der Waals surface area (Å²) >= 11 is 0. The largest absolute Gasteiger partial charge is 0.355 e. The third-order valence-electron chi connectivity index (χ3n) is 1.32. The number of nitrogens with one attached hydrogen (secondary N) is 1. The summed E-state index contributed by atoms with van der Waals surface area (Å²) in [5, 5.41) is 7.16. The Morgan fingerprint density at radius 2 is 1.93 bits per heavy atom. The van der Waals surface area contributed by atoms with E-state index in [1.54, 1.807) is 13.8 Å². The number of amides is 1. The van der Waals surface area contributed by atoms with Crippen LogP contribution in [0.3, 0.4) is 0 Å². The van der Waals surface area contributed by atoms with Crippen molar-refractivity contribution >= 4 is 15.9 Å². The first-order valence-corrected chi connectivity index (χ1v) is 5.88. The number of hydrogen-bond acceptors (Lipinski definition) is 4. The Hall–Kier alpha value is -0.660. The predicted molar refractivity (Wildman–Crippen MR) is 53.9 cm³/mol. The van der Waals surface area contributed by atoms with E-state index in [-0.39, 0.29) is 24.6 Å². The van der Waals surface area contributed by atoms with Gasteiger partial charge in [0.15, 0.2) is 0 Å². The Morgan fingerprint density at radius 1 is 1.43 bits per heavy atom. The molecular formula is C7H17N3O3S. The van der Waals surface area contributed by atoms with Crippen molar-refractivity contribution in [1.82, 2.24) is 5.32 Å². The van der Waals surface area contributed by atoms with Crippen LogP contribution < -0.4 is 16.2 Å². The lowest BCUT2D eigenvalue weighted by molar-refractivity contribution is -0.121. The first kappa shape index (κ1) is 13.3. The fourth-order valence-electron chi connectivity index (χ4n) is 0.809. The van der Waals surface area contributed by atoms with Crippen molar-refractivity contribution < 1.29 is 13.2 Å². The second kappa shape index (κ2) is 4.72. The predicted octanol–water partition coefficient (Wildman–Crippen LogP) is -1.48. The fraction of sp³-hybridized carbons (Fsp3) is 0.857. The van der Waals surface area contributed by atoms with Gasteiger partial charge in [0.2, 0.25) is 15.9 Å². The standard InChI is InChI=1S/C7H17N3O3S/c1-7(2,8)5-6(11)10-3-4-14(9,12)13/h3-5,8H2,1-2H3,(H,10,11)(H2,9,12,13). The first-order valence-electron chi connectivity index (χ1n) is 4.16. The molecule has 1 amide bonds. The van der Waals surface area contributed by atoms with Crippen LogP contribution in [0.4, 0.5) is 0 Å². The topological polar surface area (TPSA) is 115 Å². The number of carbonyl (C=O) groups is 1. The highest BCUT2D eigenvalue weighted by atomic mass is 32.2. The maximum atomic E-state index is 11.1. The van der Waals surface area contributed by atoms with Crippen LogP contribution in [0.15, 0.2) is 0 Å². The lowest BCUT2D eigenvalue weighted by Crippen LogP contribution is -2.40. The Balaban J connectivity index is 3.77. The maximum absolute atomic E-state index is 11.1. The Bertz CT molecular complexity index is 292. The lowest BCUT2D eigenvalue weighted by Gasteiger charge is -2.17. The molecule has 0 saturated heterocycles. The monoisotopic (exact) mass is 223 g/mol. The zero-order valence-corrected chi connectivity index (χ0v) is 9.23. The molecule has 0 aromatic carbocycles. The molecule has 0 aliphatic heterocycles. The Kier molecular flexibility index (Phi) is 4.50. The second-order valence-electron chi connectivity index (χ2n) is 3.88. The molecule has 0 fully saturated rings. The van der Waals surface area contributed by atoms with E-state index in [4.69, 9.17) is 10.9 Å². The summed E-state index contributed by atoms with van der Waals surface area (Å²) in [6.45, 7) is 3.45. The minimum Gasteiger partial charge on any atom is -0.355 e. The molecule has 7 heteroatoms. The van der Waals surface area contributed by atoms with Gasteiger partial charge in [-0.05, 0) is 13.8 Å². The summed E-state index contributed by atoms with van der Waals surface area (Å²) in [5.41, 5.74) is 5.00. The van der Waals surface area contributed by atoms with Crippen LogP contribution in [-0.4, -0.2) is 32.2 Å². The van der Waals surface area contributed by atoms with E-state index < -0.39 is 15.6 Å². The zero-order chi connectivity index (χ0) is 11.4. The highest BCUT2D eigenvalue weighted by molar-refractivity contribution is 7.89. The van der Waals surface area contributed by atoms with E-state index in [1.165, 1.54) is 0 Å². The number of rotatable bonds is 5. The van der Waals surface area contributed by atoms with Gasteiger partial charge in [-0.1, -0.05) is 0 Å². The molecule has 0 radical (unpaired) electrons. The average molecular weight is 223 g/mol. The molecule has 0 aromatic rings. The fourth-order valence-corrected chi connectivity index (χ4v) is 1.20. The van der Waals surface area contributed by atoms with Gasteiger partial charge >= 0.3 is 0 Å². The SMILES string of the molecule is CC(C)(N)CC(=O)NCCS(N)(=O)=O. The number of primary sulfonamides is 1. The summed E-state index contributed by atoms with van der Waals surface area (Å²) in [5.74, 6) is -0.537. The van der Waals surface area contributed by atoms with Crippen LogP contribution in [-0.2, 0) is 14.8 Å². The van der Waals surface area contributed by atoms with Gasteiger partial charge in [-0.25, -0.2) is 13.6 Å². The van der Waals surface area contributed by atoms with E-state index in [2.05, 4.69) is 5.32 Å². The van der Waals surface area contributed by atoms with Crippen molar-refractivity contribution in [2.75, 3.05) is 12.3 Å². The van der Waals surface area contributed by atoms with E-state index >= 15 is 0 Å². The van der Waals surface area contributed by atoms with Crippen LogP contribution in [0.25, 0.3) is 0 Å². The van der Waals surface area contributed by atoms with Crippen molar-refractivity contribution in [1.29, 1.82) is 0 Å². The number of sulfonamides is 1. The molecule has 0 rings (SSSR count). The van der Waals surface area contributed by atoms with Crippen molar-refractivity contribution in [2.45, 2.75) is 25.8 Å². The molecule has 5 N–H and O–H groups in total. The van der Waals surface area contributed by atoms with Crippen LogP contribution in [0, 0.1) is 0 Å². The molecule has 0 saturated carbocycles. The van der Waals surface area contributed by atoms with Crippen LogP contribution in [0.5, 0.6) is 0 Å². The normalized spacial score (nSPS) is 12.6. The van der Waals surface area contributed by atoms with Crippen LogP contribution in [0.1, 0.15) is 20.3 Å². The lowest BCUT2D eigenvalue weighted by atomic mass is 10.0. The van der Waals surface area contributed by atoms with Crippen LogP contribution in [0.2, 0.25) is 0 Å². The van der Waals surface area contributed by atoms with Crippen molar-refractivity contribution in [3.8, 4) is 0 Å². The molecule has 84 valence electrons. The van der Waals surface area contributed by atoms with Crippen LogP contribution >= 0.6 is 0 Å². The molecule has 14 heavy (non-hydrogen) atoms. The molecule has 6 nitrogen and oxygen atoms in total. The average Bonchev–Trinajstić information content (AvgIpc) is 1.78. The first-order chi connectivity index (χ1) is 6.10. The summed E-state index contributed by atoms with van der Waals surface area (Å²) in [6, 6.07) is 0. The Labute approximate surface area is 84.1 Å². The van der Waals surface area contributed by atoms with Gasteiger partial charge < -0.3 is 11.1 Å². The van der Waals surface area contributed by atoms with Gasteiger partial charge in [-0.3, -0.25) is 4.79 Å². The highest BCUT2D eigenvalue weighted by Crippen LogP contribution is 2.01. The van der Waals surface area contributed by atoms with E-state index in [9.17, 15) is 13.2 Å². The molecule has 0 unspecified atom stereocenters. The van der Waals surface area contributed by atoms with Gasteiger partial charge in [0.1, 0.15) is 0 Å². The molecule has 0 heterocycles. The third kappa shape index (κ3) is 9.43. The number of carbonyl (C=O) groups excluding carboxylic acids is 1. The second-order valence-corrected chi connectivity index (χ2v) is 5.62.